The van der Waals surface area contributed by atoms with Crippen LogP contribution in [0.4, 0.5) is 4.79 Å². The van der Waals surface area contributed by atoms with Crippen molar-refractivity contribution in [1.82, 2.24) is 10.6 Å². The van der Waals surface area contributed by atoms with E-state index in [9.17, 15) is 14.4 Å². The highest BCUT2D eigenvalue weighted by Crippen LogP contribution is 2.17. The molecule has 108 valence electrons. The Morgan fingerprint density at radius 3 is 2.25 bits per heavy atom. The molecule has 0 bridgehead atoms. The van der Waals surface area contributed by atoms with Crippen LogP contribution in [0.2, 0.25) is 0 Å². The third-order valence-corrected chi connectivity index (χ3v) is 3.03. The molecule has 0 unspecified atom stereocenters. The summed E-state index contributed by atoms with van der Waals surface area (Å²) in [6, 6.07) is 4.77. The average Bonchev–Trinajstić information content (AvgIpc) is 2.35. The van der Waals surface area contributed by atoms with E-state index in [2.05, 4.69) is 26.6 Å². The van der Waals surface area contributed by atoms with E-state index in [0.717, 1.165) is 10.0 Å². The molecule has 0 aromatic heterocycles. The number of hydrogen-bond donors (Lipinski definition) is 4. The zero-order valence-corrected chi connectivity index (χ0v) is 12.3. The van der Waals surface area contributed by atoms with Crippen LogP contribution in [-0.2, 0) is 9.59 Å². The molecule has 7 nitrogen and oxygen atoms in total. The molecule has 0 aliphatic rings. The third-order valence-electron chi connectivity index (χ3n) is 2.54. The second-order valence-electron chi connectivity index (χ2n) is 4.13. The van der Waals surface area contributed by atoms with Crippen molar-refractivity contribution in [2.24, 2.45) is 11.5 Å². The first-order valence-corrected chi connectivity index (χ1v) is 6.51. The van der Waals surface area contributed by atoms with Gasteiger partial charge in [-0.15, -0.1) is 0 Å². The Morgan fingerprint density at radius 2 is 1.75 bits per heavy atom. The quantitative estimate of drug-likeness (QED) is 0.568. The third kappa shape index (κ3) is 4.54. The summed E-state index contributed by atoms with van der Waals surface area (Å²) in [5.74, 6) is -2.02. The first-order chi connectivity index (χ1) is 9.31. The van der Waals surface area contributed by atoms with Crippen LogP contribution in [0.5, 0.6) is 0 Å². The molecule has 1 atom stereocenters. The summed E-state index contributed by atoms with van der Waals surface area (Å²) in [4.78, 5) is 33.6. The number of rotatable bonds is 5. The van der Waals surface area contributed by atoms with Gasteiger partial charge in [-0.25, -0.2) is 4.79 Å². The second-order valence-corrected chi connectivity index (χ2v) is 5.05. The number of nitrogens with one attached hydrogen (secondary N) is 2. The minimum atomic E-state index is -1.54. The largest absolute Gasteiger partial charge is 0.367 e. The lowest BCUT2D eigenvalue weighted by atomic mass is 10.1. The molecule has 8 heteroatoms. The molecule has 0 saturated carbocycles. The molecule has 0 fully saturated rings. The van der Waals surface area contributed by atoms with Crippen molar-refractivity contribution in [2.75, 3.05) is 0 Å². The van der Waals surface area contributed by atoms with Gasteiger partial charge < -0.3 is 22.1 Å². The zero-order chi connectivity index (χ0) is 15.3. The molecule has 0 spiro atoms. The number of amides is 4. The summed E-state index contributed by atoms with van der Waals surface area (Å²) < 4.78 is 0.871. The molecule has 0 aliphatic carbocycles. The lowest BCUT2D eigenvalue weighted by Crippen LogP contribution is -2.55. The zero-order valence-electron chi connectivity index (χ0n) is 10.7. The number of primary amides is 2. The van der Waals surface area contributed by atoms with Gasteiger partial charge in [0.05, 0.1) is 6.04 Å². The molecule has 0 aliphatic heterocycles. The number of carbonyl (C=O) groups is 3. The van der Waals surface area contributed by atoms with Crippen LogP contribution in [0, 0.1) is 0 Å². The van der Waals surface area contributed by atoms with E-state index >= 15 is 0 Å². The van der Waals surface area contributed by atoms with Crippen molar-refractivity contribution in [3.05, 3.63) is 34.3 Å². The number of carbonyl (C=O) groups excluding carboxylic acids is 3. The smallest absolute Gasteiger partial charge is 0.316 e. The summed E-state index contributed by atoms with van der Waals surface area (Å²) in [6.45, 7) is 1.75. The first-order valence-electron chi connectivity index (χ1n) is 5.72. The summed E-state index contributed by atoms with van der Waals surface area (Å²) in [5, 5.41) is 4.70. The number of benzene rings is 1. The molecule has 4 amide bonds. The Labute approximate surface area is 124 Å². The van der Waals surface area contributed by atoms with Crippen LogP contribution in [0.25, 0.3) is 0 Å². The van der Waals surface area contributed by atoms with Crippen LogP contribution in [0.1, 0.15) is 18.5 Å². The highest BCUT2D eigenvalue weighted by Gasteiger charge is 2.24. The Balaban J connectivity index is 2.66. The lowest BCUT2D eigenvalue weighted by molar-refractivity contribution is -0.128. The van der Waals surface area contributed by atoms with Gasteiger partial charge in [0.1, 0.15) is 0 Å². The van der Waals surface area contributed by atoms with Gasteiger partial charge >= 0.3 is 6.03 Å². The molecular weight excluding hydrogens is 328 g/mol. The predicted octanol–water partition coefficient (Wildman–Crippen LogP) is 0.149. The number of hydrogen-bond acceptors (Lipinski definition) is 3. The fourth-order valence-electron chi connectivity index (χ4n) is 1.51. The van der Waals surface area contributed by atoms with E-state index in [1.54, 1.807) is 6.92 Å². The van der Waals surface area contributed by atoms with Gasteiger partial charge in [-0.2, -0.15) is 0 Å². The Morgan fingerprint density at radius 1 is 1.15 bits per heavy atom. The molecule has 1 aromatic rings. The van der Waals surface area contributed by atoms with Crippen molar-refractivity contribution in [3.63, 3.8) is 0 Å². The van der Waals surface area contributed by atoms with Gasteiger partial charge in [0.15, 0.2) is 6.04 Å². The Kier molecular flexibility index (Phi) is 5.51. The SMILES string of the molecule is C[C@@H](NC(=O)NC(C(N)=O)C(N)=O)c1cccc(Br)c1. The van der Waals surface area contributed by atoms with Gasteiger partial charge in [0.25, 0.3) is 0 Å². The van der Waals surface area contributed by atoms with E-state index in [1.165, 1.54) is 0 Å². The van der Waals surface area contributed by atoms with Crippen molar-refractivity contribution in [3.8, 4) is 0 Å². The van der Waals surface area contributed by atoms with Gasteiger partial charge in [0, 0.05) is 4.47 Å². The average molecular weight is 343 g/mol. The van der Waals surface area contributed by atoms with E-state index in [4.69, 9.17) is 11.5 Å². The maximum absolute atomic E-state index is 11.7. The summed E-state index contributed by atoms with van der Waals surface area (Å²) in [7, 11) is 0. The molecule has 1 aromatic carbocycles. The van der Waals surface area contributed by atoms with E-state index in [1.807, 2.05) is 24.3 Å². The first kappa shape index (κ1) is 16.0. The molecule has 0 heterocycles. The number of halogens is 1. The minimum Gasteiger partial charge on any atom is -0.367 e. The highest BCUT2D eigenvalue weighted by molar-refractivity contribution is 9.10. The fraction of sp³-hybridized carbons (Fsp3) is 0.250. The van der Waals surface area contributed by atoms with Crippen molar-refractivity contribution < 1.29 is 14.4 Å². The van der Waals surface area contributed by atoms with Gasteiger partial charge in [-0.1, -0.05) is 28.1 Å². The van der Waals surface area contributed by atoms with E-state index < -0.39 is 23.9 Å². The topological polar surface area (TPSA) is 127 Å². The normalized spacial score (nSPS) is 11.8. The van der Waals surface area contributed by atoms with Crippen LogP contribution in [-0.4, -0.2) is 23.9 Å². The van der Waals surface area contributed by atoms with Crippen LogP contribution < -0.4 is 22.1 Å². The minimum absolute atomic E-state index is 0.325. The van der Waals surface area contributed by atoms with Crippen LogP contribution in [0.3, 0.4) is 0 Å². The Bertz CT molecular complexity index is 521. The molecule has 6 N–H and O–H groups in total. The van der Waals surface area contributed by atoms with Gasteiger partial charge in [-0.3, -0.25) is 9.59 Å². The molecule has 1 rings (SSSR count). The fourth-order valence-corrected chi connectivity index (χ4v) is 1.93. The van der Waals surface area contributed by atoms with Gasteiger partial charge in [0.2, 0.25) is 11.8 Å². The molecule has 0 saturated heterocycles. The number of nitrogens with two attached hydrogens (primary N) is 2. The van der Waals surface area contributed by atoms with Crippen molar-refractivity contribution >= 4 is 33.8 Å². The van der Waals surface area contributed by atoms with Gasteiger partial charge in [-0.05, 0) is 24.6 Å². The number of urea groups is 1. The molecule has 20 heavy (non-hydrogen) atoms. The van der Waals surface area contributed by atoms with E-state index in [0.29, 0.717) is 0 Å². The van der Waals surface area contributed by atoms with Crippen LogP contribution >= 0.6 is 15.9 Å². The molecule has 0 radical (unpaired) electrons. The lowest BCUT2D eigenvalue weighted by Gasteiger charge is -2.17. The summed E-state index contributed by atoms with van der Waals surface area (Å²) in [5.41, 5.74) is 10.8. The van der Waals surface area contributed by atoms with Crippen molar-refractivity contribution in [1.29, 1.82) is 0 Å². The standard InChI is InChI=1S/C12H15BrN4O3/c1-6(7-3-2-4-8(13)5-7)16-12(20)17-9(10(14)18)11(15)19/h2-6,9H,1H3,(H2,14,18)(H2,15,19)(H2,16,17,20)/t6-/m1/s1. The summed E-state index contributed by atoms with van der Waals surface area (Å²) >= 11 is 3.32. The summed E-state index contributed by atoms with van der Waals surface area (Å²) in [6.07, 6.45) is 0. The second kappa shape index (κ2) is 6.90. The monoisotopic (exact) mass is 342 g/mol. The molecular formula is C12H15BrN4O3. The predicted molar refractivity (Wildman–Crippen MR) is 76.4 cm³/mol. The van der Waals surface area contributed by atoms with E-state index in [-0.39, 0.29) is 6.04 Å². The maximum atomic E-state index is 11.7. The maximum Gasteiger partial charge on any atom is 0.316 e. The Hall–Kier alpha value is -2.09. The highest BCUT2D eigenvalue weighted by atomic mass is 79.9. The van der Waals surface area contributed by atoms with Crippen molar-refractivity contribution in [2.45, 2.75) is 19.0 Å². The van der Waals surface area contributed by atoms with Crippen LogP contribution in [0.15, 0.2) is 28.7 Å².